The number of rotatable bonds is 14. The standard InChI is InChI=1S/C23H34O9/c1-5-28-18(25)16-30-20(22(27)32-23(2,3)4)19(29-14-10-9-13-24)21(26)31-15-17-11-7-6-8-12-17/h6-8,11-12,19-20,24H,5,9-10,13-16H2,1-4H3/t19-,20-/m1/s1. The van der Waals surface area contributed by atoms with Gasteiger partial charge in [0, 0.05) is 13.2 Å². The molecule has 0 saturated carbocycles. The lowest BCUT2D eigenvalue weighted by Gasteiger charge is -2.28. The summed E-state index contributed by atoms with van der Waals surface area (Å²) < 4.78 is 26.6. The van der Waals surface area contributed by atoms with Crippen LogP contribution in [0.3, 0.4) is 0 Å². The van der Waals surface area contributed by atoms with E-state index in [2.05, 4.69) is 0 Å². The molecule has 0 aliphatic carbocycles. The van der Waals surface area contributed by atoms with Crippen LogP contribution in [0.25, 0.3) is 0 Å². The Bertz CT molecular complexity index is 697. The van der Waals surface area contributed by atoms with Gasteiger partial charge in [0.15, 0.2) is 12.2 Å². The number of benzene rings is 1. The van der Waals surface area contributed by atoms with Crippen LogP contribution in [0.1, 0.15) is 46.1 Å². The molecule has 0 bridgehead atoms. The van der Waals surface area contributed by atoms with Gasteiger partial charge in [0.25, 0.3) is 0 Å². The molecule has 0 radical (unpaired) electrons. The first-order chi connectivity index (χ1) is 15.2. The van der Waals surface area contributed by atoms with Gasteiger partial charge in [-0.1, -0.05) is 30.3 Å². The lowest BCUT2D eigenvalue weighted by molar-refractivity contribution is -0.193. The molecular formula is C23H34O9. The number of carbonyl (C=O) groups is 3. The second-order valence-corrected chi connectivity index (χ2v) is 7.89. The summed E-state index contributed by atoms with van der Waals surface area (Å²) in [6, 6.07) is 9.01. The van der Waals surface area contributed by atoms with Crippen molar-refractivity contribution in [2.24, 2.45) is 0 Å². The van der Waals surface area contributed by atoms with E-state index in [0.717, 1.165) is 5.56 Å². The fourth-order valence-electron chi connectivity index (χ4n) is 2.51. The summed E-state index contributed by atoms with van der Waals surface area (Å²) in [5, 5.41) is 8.97. The van der Waals surface area contributed by atoms with Crippen molar-refractivity contribution in [2.45, 2.75) is 65.0 Å². The fraction of sp³-hybridized carbons (Fsp3) is 0.609. The molecule has 0 aliphatic rings. The molecule has 1 rings (SSSR count). The number of ether oxygens (including phenoxy) is 5. The zero-order chi connectivity index (χ0) is 24.0. The van der Waals surface area contributed by atoms with E-state index in [-0.39, 0.29) is 26.4 Å². The normalized spacial score (nSPS) is 13.2. The highest BCUT2D eigenvalue weighted by atomic mass is 16.6. The third-order valence-corrected chi connectivity index (χ3v) is 3.91. The Hall–Kier alpha value is -2.49. The van der Waals surface area contributed by atoms with Gasteiger partial charge in [-0.25, -0.2) is 14.4 Å². The zero-order valence-corrected chi connectivity index (χ0v) is 19.2. The number of aliphatic hydroxyl groups excluding tert-OH is 1. The zero-order valence-electron chi connectivity index (χ0n) is 19.2. The van der Waals surface area contributed by atoms with Crippen LogP contribution in [-0.2, 0) is 44.7 Å². The molecule has 9 heteroatoms. The summed E-state index contributed by atoms with van der Waals surface area (Å²) in [7, 11) is 0. The van der Waals surface area contributed by atoms with Gasteiger partial charge >= 0.3 is 17.9 Å². The molecule has 32 heavy (non-hydrogen) atoms. The maximum atomic E-state index is 12.9. The third kappa shape index (κ3) is 11.2. The molecule has 0 aliphatic heterocycles. The lowest BCUT2D eigenvalue weighted by atomic mass is 10.1. The average Bonchev–Trinajstić information content (AvgIpc) is 2.73. The summed E-state index contributed by atoms with van der Waals surface area (Å²) in [5.41, 5.74) is -0.112. The highest BCUT2D eigenvalue weighted by Crippen LogP contribution is 2.16. The maximum Gasteiger partial charge on any atom is 0.339 e. The quantitative estimate of drug-likeness (QED) is 0.256. The molecule has 180 valence electrons. The van der Waals surface area contributed by atoms with E-state index < -0.39 is 42.3 Å². The molecule has 0 amide bonds. The molecule has 1 aromatic rings. The number of hydrogen-bond donors (Lipinski definition) is 1. The summed E-state index contributed by atoms with van der Waals surface area (Å²) in [6.45, 7) is 6.19. The molecule has 2 atom stereocenters. The molecule has 0 fully saturated rings. The third-order valence-electron chi connectivity index (χ3n) is 3.91. The van der Waals surface area contributed by atoms with Crippen LogP contribution in [0.15, 0.2) is 30.3 Å². The SMILES string of the molecule is CCOC(=O)CO[C@@H](C(=O)OC(C)(C)C)[C@@H](OCCCCO)C(=O)OCc1ccccc1. The molecule has 0 saturated heterocycles. The second-order valence-electron chi connectivity index (χ2n) is 7.89. The van der Waals surface area contributed by atoms with Gasteiger partial charge < -0.3 is 28.8 Å². The average molecular weight is 455 g/mol. The number of carbonyl (C=O) groups excluding carboxylic acids is 3. The Labute approximate surface area is 188 Å². The molecule has 9 nitrogen and oxygen atoms in total. The van der Waals surface area contributed by atoms with E-state index in [9.17, 15) is 14.4 Å². The van der Waals surface area contributed by atoms with E-state index in [0.29, 0.717) is 12.8 Å². The largest absolute Gasteiger partial charge is 0.464 e. The first-order valence-corrected chi connectivity index (χ1v) is 10.6. The van der Waals surface area contributed by atoms with E-state index in [4.69, 9.17) is 28.8 Å². The maximum absolute atomic E-state index is 12.9. The Morgan fingerprint density at radius 3 is 2.19 bits per heavy atom. The van der Waals surface area contributed by atoms with Crippen molar-refractivity contribution in [2.75, 3.05) is 26.4 Å². The molecule has 0 spiro atoms. The molecule has 0 heterocycles. The molecular weight excluding hydrogens is 420 g/mol. The van der Waals surface area contributed by atoms with Gasteiger partial charge in [-0.2, -0.15) is 0 Å². The van der Waals surface area contributed by atoms with Gasteiger partial charge in [0.05, 0.1) is 6.61 Å². The van der Waals surface area contributed by atoms with Gasteiger partial charge in [0.2, 0.25) is 0 Å². The summed E-state index contributed by atoms with van der Waals surface area (Å²) in [4.78, 5) is 37.4. The molecule has 0 aromatic heterocycles. The Morgan fingerprint density at radius 1 is 0.938 bits per heavy atom. The second kappa shape index (κ2) is 14.5. The first kappa shape index (κ1) is 27.5. The highest BCUT2D eigenvalue weighted by Gasteiger charge is 2.40. The Morgan fingerprint density at radius 2 is 1.59 bits per heavy atom. The van der Waals surface area contributed by atoms with Crippen LogP contribution in [0, 0.1) is 0 Å². The van der Waals surface area contributed by atoms with Gasteiger partial charge in [-0.05, 0) is 46.1 Å². The molecule has 1 N–H and O–H groups in total. The smallest absolute Gasteiger partial charge is 0.339 e. The van der Waals surface area contributed by atoms with Crippen molar-refractivity contribution in [3.05, 3.63) is 35.9 Å². The van der Waals surface area contributed by atoms with Crippen LogP contribution in [-0.4, -0.2) is 67.3 Å². The van der Waals surface area contributed by atoms with E-state index in [1.54, 1.807) is 52.0 Å². The minimum Gasteiger partial charge on any atom is -0.464 e. The van der Waals surface area contributed by atoms with E-state index in [1.165, 1.54) is 0 Å². The summed E-state index contributed by atoms with van der Waals surface area (Å²) >= 11 is 0. The van der Waals surface area contributed by atoms with Crippen molar-refractivity contribution in [1.29, 1.82) is 0 Å². The van der Waals surface area contributed by atoms with Crippen molar-refractivity contribution in [1.82, 2.24) is 0 Å². The monoisotopic (exact) mass is 454 g/mol. The lowest BCUT2D eigenvalue weighted by Crippen LogP contribution is -2.48. The van der Waals surface area contributed by atoms with Crippen molar-refractivity contribution < 1.29 is 43.2 Å². The number of hydrogen-bond acceptors (Lipinski definition) is 9. The van der Waals surface area contributed by atoms with Crippen molar-refractivity contribution in [3.63, 3.8) is 0 Å². The van der Waals surface area contributed by atoms with Gasteiger partial charge in [-0.3, -0.25) is 0 Å². The highest BCUT2D eigenvalue weighted by molar-refractivity contribution is 5.86. The minimum atomic E-state index is -1.55. The topological polar surface area (TPSA) is 118 Å². The predicted molar refractivity (Wildman–Crippen MR) is 115 cm³/mol. The first-order valence-electron chi connectivity index (χ1n) is 10.6. The van der Waals surface area contributed by atoms with Crippen LogP contribution >= 0.6 is 0 Å². The van der Waals surface area contributed by atoms with Crippen LogP contribution in [0.2, 0.25) is 0 Å². The van der Waals surface area contributed by atoms with Crippen LogP contribution in [0.4, 0.5) is 0 Å². The van der Waals surface area contributed by atoms with Crippen molar-refractivity contribution >= 4 is 17.9 Å². The van der Waals surface area contributed by atoms with Gasteiger partial charge in [-0.15, -0.1) is 0 Å². The van der Waals surface area contributed by atoms with E-state index >= 15 is 0 Å². The number of unbranched alkanes of at least 4 members (excludes halogenated alkanes) is 1. The summed E-state index contributed by atoms with van der Waals surface area (Å²) in [6.07, 6.45) is -2.12. The Kier molecular flexibility index (Phi) is 12.5. The molecule has 0 unspecified atom stereocenters. The number of esters is 3. The van der Waals surface area contributed by atoms with Crippen molar-refractivity contribution in [3.8, 4) is 0 Å². The fourth-order valence-corrected chi connectivity index (χ4v) is 2.51. The summed E-state index contributed by atoms with van der Waals surface area (Å²) in [5.74, 6) is -2.40. The predicted octanol–water partition coefficient (Wildman–Crippen LogP) is 2.18. The minimum absolute atomic E-state index is 0.0327. The Balaban J connectivity index is 3.01. The van der Waals surface area contributed by atoms with E-state index in [1.807, 2.05) is 6.07 Å². The molecule has 1 aromatic carbocycles. The van der Waals surface area contributed by atoms with Gasteiger partial charge in [0.1, 0.15) is 18.8 Å². The van der Waals surface area contributed by atoms with Crippen LogP contribution < -0.4 is 0 Å². The van der Waals surface area contributed by atoms with Crippen LogP contribution in [0.5, 0.6) is 0 Å². The number of aliphatic hydroxyl groups is 1.